The van der Waals surface area contributed by atoms with E-state index in [-0.39, 0.29) is 0 Å². The second-order valence-corrected chi connectivity index (χ2v) is 7.12. The van der Waals surface area contributed by atoms with E-state index in [9.17, 15) is 0 Å². The van der Waals surface area contributed by atoms with Crippen molar-refractivity contribution in [1.82, 2.24) is 0 Å². The smallest absolute Gasteiger partial charge is 0.0813 e. The van der Waals surface area contributed by atoms with Crippen molar-refractivity contribution in [2.24, 2.45) is 0 Å². The van der Waals surface area contributed by atoms with Crippen LogP contribution in [0.2, 0.25) is 0 Å². The number of rotatable bonds is 9. The van der Waals surface area contributed by atoms with E-state index in [1.54, 1.807) is 0 Å². The van der Waals surface area contributed by atoms with Crippen molar-refractivity contribution >= 4 is 0 Å². The van der Waals surface area contributed by atoms with Gasteiger partial charge in [-0.2, -0.15) is 0 Å². The van der Waals surface area contributed by atoms with Gasteiger partial charge in [-0.25, -0.2) is 0 Å². The van der Waals surface area contributed by atoms with Gasteiger partial charge >= 0.3 is 0 Å². The van der Waals surface area contributed by atoms with E-state index in [0.29, 0.717) is 12.2 Å². The van der Waals surface area contributed by atoms with E-state index in [1.165, 1.54) is 35.1 Å². The molecular weight excluding hydrogens is 296 g/mol. The molecule has 2 fully saturated rings. The molecule has 24 heavy (non-hydrogen) atoms. The van der Waals surface area contributed by atoms with Crippen LogP contribution in [0.5, 0.6) is 0 Å². The molecule has 2 heteroatoms. The number of epoxide rings is 2. The van der Waals surface area contributed by atoms with Crippen LogP contribution in [0.15, 0.2) is 48.5 Å². The van der Waals surface area contributed by atoms with E-state index < -0.39 is 0 Å². The third kappa shape index (κ3) is 4.93. The van der Waals surface area contributed by atoms with Gasteiger partial charge in [0.15, 0.2) is 0 Å². The lowest BCUT2D eigenvalue weighted by Gasteiger charge is -2.06. The Morgan fingerprint density at radius 2 is 0.833 bits per heavy atom. The molecule has 126 valence electrons. The van der Waals surface area contributed by atoms with Crippen LogP contribution in [0, 0.1) is 0 Å². The summed E-state index contributed by atoms with van der Waals surface area (Å²) in [6, 6.07) is 18.3. The van der Waals surface area contributed by atoms with Crippen molar-refractivity contribution in [2.75, 3.05) is 13.2 Å². The second-order valence-electron chi connectivity index (χ2n) is 7.12. The minimum Gasteiger partial charge on any atom is -0.373 e. The van der Waals surface area contributed by atoms with Gasteiger partial charge in [-0.05, 0) is 60.8 Å². The van der Waals surface area contributed by atoms with E-state index in [2.05, 4.69) is 48.5 Å². The van der Waals surface area contributed by atoms with Crippen LogP contribution in [-0.2, 0) is 35.2 Å². The summed E-state index contributed by atoms with van der Waals surface area (Å²) < 4.78 is 10.5. The number of benzene rings is 2. The lowest BCUT2D eigenvalue weighted by atomic mass is 10.00. The highest BCUT2D eigenvalue weighted by Crippen LogP contribution is 2.19. The molecule has 2 aliphatic rings. The monoisotopic (exact) mass is 322 g/mol. The molecule has 2 atom stereocenters. The summed E-state index contributed by atoms with van der Waals surface area (Å²) in [5.74, 6) is 0. The van der Waals surface area contributed by atoms with E-state index >= 15 is 0 Å². The highest BCUT2D eigenvalue weighted by Gasteiger charge is 2.22. The van der Waals surface area contributed by atoms with Crippen molar-refractivity contribution in [1.29, 1.82) is 0 Å². The first-order valence-corrected chi connectivity index (χ1v) is 9.24. The fraction of sp³-hybridized carbons (Fsp3) is 0.455. The Kier molecular flexibility index (Phi) is 4.96. The van der Waals surface area contributed by atoms with Crippen molar-refractivity contribution in [3.8, 4) is 0 Å². The highest BCUT2D eigenvalue weighted by atomic mass is 16.6. The van der Waals surface area contributed by atoms with Crippen molar-refractivity contribution in [2.45, 2.75) is 50.7 Å². The van der Waals surface area contributed by atoms with Crippen LogP contribution in [0.25, 0.3) is 0 Å². The average molecular weight is 322 g/mol. The fourth-order valence-electron chi connectivity index (χ4n) is 3.16. The largest absolute Gasteiger partial charge is 0.373 e. The molecule has 2 heterocycles. The molecule has 2 aliphatic heterocycles. The summed E-state index contributed by atoms with van der Waals surface area (Å²) in [5, 5.41) is 0. The molecule has 2 saturated heterocycles. The minimum atomic E-state index is 0.532. The first kappa shape index (κ1) is 15.9. The maximum Gasteiger partial charge on any atom is 0.0813 e. The lowest BCUT2D eigenvalue weighted by Crippen LogP contribution is -1.95. The lowest BCUT2D eigenvalue weighted by molar-refractivity contribution is 0.396. The van der Waals surface area contributed by atoms with Gasteiger partial charge in [0.05, 0.1) is 25.4 Å². The van der Waals surface area contributed by atoms with Gasteiger partial charge in [-0.3, -0.25) is 0 Å². The molecule has 0 amide bonds. The Bertz CT molecular complexity index is 577. The molecule has 0 N–H and O–H groups in total. The van der Waals surface area contributed by atoms with E-state index in [1.807, 2.05) is 0 Å². The predicted octanol–water partition coefficient (Wildman–Crippen LogP) is 4.13. The highest BCUT2D eigenvalue weighted by molar-refractivity contribution is 5.26. The first-order valence-electron chi connectivity index (χ1n) is 9.24. The predicted molar refractivity (Wildman–Crippen MR) is 96.4 cm³/mol. The van der Waals surface area contributed by atoms with Crippen molar-refractivity contribution < 1.29 is 9.47 Å². The van der Waals surface area contributed by atoms with Crippen LogP contribution in [0.1, 0.15) is 35.1 Å². The number of aryl methyl sites for hydroxylation is 4. The third-order valence-electron chi connectivity index (χ3n) is 5.06. The molecule has 0 saturated carbocycles. The summed E-state index contributed by atoms with van der Waals surface area (Å²) in [6.07, 6.45) is 7.89. The molecule has 0 bridgehead atoms. The normalized spacial score (nSPS) is 21.7. The van der Waals surface area contributed by atoms with Crippen molar-refractivity contribution in [3.05, 3.63) is 70.8 Å². The Morgan fingerprint density at radius 3 is 1.12 bits per heavy atom. The van der Waals surface area contributed by atoms with Gasteiger partial charge in [-0.15, -0.1) is 0 Å². The Balaban J connectivity index is 1.23. The molecule has 2 nitrogen and oxygen atoms in total. The summed E-state index contributed by atoms with van der Waals surface area (Å²) >= 11 is 0. The van der Waals surface area contributed by atoms with Crippen LogP contribution < -0.4 is 0 Å². The van der Waals surface area contributed by atoms with E-state index in [4.69, 9.17) is 9.47 Å². The zero-order valence-electron chi connectivity index (χ0n) is 14.2. The number of ether oxygens (including phenoxy) is 2. The second kappa shape index (κ2) is 7.50. The maximum absolute atomic E-state index is 5.27. The zero-order chi connectivity index (χ0) is 16.2. The Hall–Kier alpha value is -1.64. The van der Waals surface area contributed by atoms with Gasteiger partial charge in [-0.1, -0.05) is 48.5 Å². The molecule has 2 unspecified atom stereocenters. The van der Waals surface area contributed by atoms with Crippen molar-refractivity contribution in [3.63, 3.8) is 0 Å². The zero-order valence-corrected chi connectivity index (χ0v) is 14.2. The molecule has 2 aromatic carbocycles. The van der Waals surface area contributed by atoms with Gasteiger partial charge in [0.1, 0.15) is 0 Å². The van der Waals surface area contributed by atoms with Gasteiger partial charge in [0.25, 0.3) is 0 Å². The van der Waals surface area contributed by atoms with Crippen LogP contribution in [0.3, 0.4) is 0 Å². The number of hydrogen-bond donors (Lipinski definition) is 0. The van der Waals surface area contributed by atoms with Crippen LogP contribution in [-0.4, -0.2) is 25.4 Å². The molecule has 0 spiro atoms. The Labute approximate surface area is 144 Å². The van der Waals surface area contributed by atoms with Gasteiger partial charge < -0.3 is 9.47 Å². The third-order valence-corrected chi connectivity index (χ3v) is 5.06. The van der Waals surface area contributed by atoms with E-state index in [0.717, 1.165) is 38.9 Å². The standard InChI is InChI=1S/C22H26O2/c1(17-3-7-19(8-4-17)11-13-21-15-23-21)2-18-5-9-20(10-6-18)12-14-22-16-24-22/h3-10,21-22H,1-2,11-16H2. The first-order chi connectivity index (χ1) is 11.8. The molecule has 0 radical (unpaired) electrons. The SMILES string of the molecule is c1cc(CCC2CO2)ccc1CCc1ccc(CCC2CO2)cc1. The molecule has 4 rings (SSSR count). The topological polar surface area (TPSA) is 25.1 Å². The van der Waals surface area contributed by atoms with Gasteiger partial charge in [0.2, 0.25) is 0 Å². The van der Waals surface area contributed by atoms with Gasteiger partial charge in [0, 0.05) is 0 Å². The summed E-state index contributed by atoms with van der Waals surface area (Å²) in [6.45, 7) is 1.93. The number of hydrogen-bond acceptors (Lipinski definition) is 2. The fourth-order valence-corrected chi connectivity index (χ4v) is 3.16. The van der Waals surface area contributed by atoms with Crippen LogP contribution in [0.4, 0.5) is 0 Å². The summed E-state index contributed by atoms with van der Waals surface area (Å²) in [7, 11) is 0. The van der Waals surface area contributed by atoms with Crippen LogP contribution >= 0.6 is 0 Å². The summed E-state index contributed by atoms with van der Waals surface area (Å²) in [4.78, 5) is 0. The molecular formula is C22H26O2. The summed E-state index contributed by atoms with van der Waals surface area (Å²) in [5.41, 5.74) is 5.71. The quantitative estimate of drug-likeness (QED) is 0.648. The molecule has 0 aliphatic carbocycles. The average Bonchev–Trinajstić information content (AvgIpc) is 3.53. The maximum atomic E-state index is 5.27. The minimum absolute atomic E-state index is 0.532. The molecule has 0 aromatic heterocycles. The Morgan fingerprint density at radius 1 is 0.542 bits per heavy atom. The molecule has 2 aromatic rings.